The smallest absolute Gasteiger partial charge is 0.333 e. The van der Waals surface area contributed by atoms with Crippen LogP contribution in [0.5, 0.6) is 0 Å². The summed E-state index contributed by atoms with van der Waals surface area (Å²) in [4.78, 5) is 24.5. The second-order valence-corrected chi connectivity index (χ2v) is 12.8. The van der Waals surface area contributed by atoms with Crippen LogP contribution >= 0.6 is 23.5 Å². The van der Waals surface area contributed by atoms with Gasteiger partial charge in [-0.1, -0.05) is 78.1 Å². The molecule has 0 spiro atoms. The molecule has 0 aliphatic heterocycles. The predicted octanol–water partition coefficient (Wildman–Crippen LogP) is 7.42. The second-order valence-electron chi connectivity index (χ2n) is 10.4. The largest absolute Gasteiger partial charge is 0.462 e. The Morgan fingerprint density at radius 2 is 1.30 bits per heavy atom. The molecule has 6 nitrogen and oxygen atoms in total. The third kappa shape index (κ3) is 17.8. The SMILES string of the molecule is CCCCCCCCSC(N)=CC(=O)OCC1CCC(C)(OC(=O)C=C(N)SCCCCCCCC)C1. The van der Waals surface area contributed by atoms with Crippen LogP contribution in [0, 0.1) is 5.92 Å². The molecule has 1 rings (SSSR count). The van der Waals surface area contributed by atoms with Gasteiger partial charge in [-0.15, -0.1) is 23.5 Å². The summed E-state index contributed by atoms with van der Waals surface area (Å²) in [5.74, 6) is 1.20. The second kappa shape index (κ2) is 20.7. The minimum Gasteiger partial charge on any atom is -0.462 e. The molecule has 1 fully saturated rings. The van der Waals surface area contributed by atoms with Gasteiger partial charge in [0.05, 0.1) is 28.8 Å². The third-order valence-corrected chi connectivity index (χ3v) is 8.55. The van der Waals surface area contributed by atoms with Crippen LogP contribution in [0.15, 0.2) is 22.2 Å². The molecule has 2 unspecified atom stereocenters. The molecular formula is C29H52N2O4S2. The molecule has 0 amide bonds. The number of nitrogens with two attached hydrogens (primary N) is 2. The fraction of sp³-hybridized carbons (Fsp3) is 0.793. The molecule has 0 bridgehead atoms. The highest BCUT2D eigenvalue weighted by Crippen LogP contribution is 2.37. The summed E-state index contributed by atoms with van der Waals surface area (Å²) in [6, 6.07) is 0. The van der Waals surface area contributed by atoms with Gasteiger partial charge >= 0.3 is 11.9 Å². The minimum atomic E-state index is -0.559. The lowest BCUT2D eigenvalue weighted by Crippen LogP contribution is -2.28. The van der Waals surface area contributed by atoms with Gasteiger partial charge in [0.1, 0.15) is 5.60 Å². The van der Waals surface area contributed by atoms with E-state index in [1.807, 2.05) is 6.92 Å². The minimum absolute atomic E-state index is 0.163. The van der Waals surface area contributed by atoms with Crippen molar-refractivity contribution in [3.8, 4) is 0 Å². The van der Waals surface area contributed by atoms with Crippen molar-refractivity contribution in [3.05, 3.63) is 22.2 Å². The van der Waals surface area contributed by atoms with E-state index in [0.29, 0.717) is 23.1 Å². The Kier molecular flexibility index (Phi) is 18.8. The van der Waals surface area contributed by atoms with Gasteiger partial charge in [-0.25, -0.2) is 9.59 Å². The third-order valence-electron chi connectivity index (χ3n) is 6.66. The lowest BCUT2D eigenvalue weighted by atomic mass is 10.0. The van der Waals surface area contributed by atoms with Crippen molar-refractivity contribution in [1.82, 2.24) is 0 Å². The first-order chi connectivity index (χ1) is 17.8. The van der Waals surface area contributed by atoms with Crippen LogP contribution < -0.4 is 11.5 Å². The lowest BCUT2D eigenvalue weighted by Gasteiger charge is -2.24. The van der Waals surface area contributed by atoms with Gasteiger partial charge in [-0.2, -0.15) is 0 Å². The summed E-state index contributed by atoms with van der Waals surface area (Å²) < 4.78 is 11.2. The molecule has 8 heteroatoms. The van der Waals surface area contributed by atoms with Crippen LogP contribution in [0.3, 0.4) is 0 Å². The quantitative estimate of drug-likeness (QED) is 0.0855. The summed E-state index contributed by atoms with van der Waals surface area (Å²) in [5.41, 5.74) is 11.4. The summed E-state index contributed by atoms with van der Waals surface area (Å²) in [5, 5.41) is 1.01. The maximum Gasteiger partial charge on any atom is 0.333 e. The van der Waals surface area contributed by atoms with E-state index < -0.39 is 17.5 Å². The summed E-state index contributed by atoms with van der Waals surface area (Å²) in [7, 11) is 0. The van der Waals surface area contributed by atoms with Gasteiger partial charge in [-0.3, -0.25) is 0 Å². The van der Waals surface area contributed by atoms with E-state index in [9.17, 15) is 9.59 Å². The van der Waals surface area contributed by atoms with Crippen LogP contribution in [0.1, 0.15) is 117 Å². The van der Waals surface area contributed by atoms with Gasteiger partial charge in [0.2, 0.25) is 0 Å². The van der Waals surface area contributed by atoms with E-state index in [1.54, 1.807) is 0 Å². The Morgan fingerprint density at radius 3 is 1.84 bits per heavy atom. The molecule has 0 aromatic carbocycles. The standard InChI is InChI=1S/C29H52N2O4S2/c1-4-6-8-10-12-14-18-36-25(30)20-27(32)34-23-24-16-17-29(3,22-24)35-28(33)21-26(31)37-19-15-13-11-9-7-5-2/h20-21,24H,4-19,22-23,30-31H2,1-3H3. The van der Waals surface area contributed by atoms with Crippen LogP contribution in [-0.2, 0) is 19.1 Å². The number of carbonyl (C=O) groups excluding carboxylic acids is 2. The first kappa shape index (κ1) is 33.7. The summed E-state index contributed by atoms with van der Waals surface area (Å²) in [6.45, 7) is 6.68. The first-order valence-corrected chi connectivity index (χ1v) is 16.3. The van der Waals surface area contributed by atoms with E-state index >= 15 is 0 Å². The number of thioether (sulfide) groups is 2. The molecule has 0 heterocycles. The summed E-state index contributed by atoms with van der Waals surface area (Å²) in [6.07, 6.45) is 19.9. The van der Waals surface area contributed by atoms with E-state index in [1.165, 1.54) is 99.9 Å². The molecule has 1 saturated carbocycles. The van der Waals surface area contributed by atoms with Crippen LogP contribution in [0.2, 0.25) is 0 Å². The molecule has 4 N–H and O–H groups in total. The average molecular weight is 557 g/mol. The van der Waals surface area contributed by atoms with E-state index in [-0.39, 0.29) is 5.92 Å². The van der Waals surface area contributed by atoms with Crippen molar-refractivity contribution < 1.29 is 19.1 Å². The molecule has 0 aromatic heterocycles. The maximum atomic E-state index is 12.4. The zero-order valence-corrected chi connectivity index (χ0v) is 25.2. The predicted molar refractivity (Wildman–Crippen MR) is 159 cm³/mol. The van der Waals surface area contributed by atoms with E-state index in [2.05, 4.69) is 13.8 Å². The van der Waals surface area contributed by atoms with Crippen LogP contribution in [0.4, 0.5) is 0 Å². The highest BCUT2D eigenvalue weighted by Gasteiger charge is 2.38. The molecule has 214 valence electrons. The van der Waals surface area contributed by atoms with Gasteiger partial charge in [-0.05, 0) is 56.5 Å². The Morgan fingerprint density at radius 1 is 0.811 bits per heavy atom. The van der Waals surface area contributed by atoms with Crippen molar-refractivity contribution in [2.45, 2.75) is 123 Å². The zero-order chi connectivity index (χ0) is 27.4. The first-order valence-electron chi connectivity index (χ1n) is 14.4. The Hall–Kier alpha value is -1.28. The van der Waals surface area contributed by atoms with Crippen molar-refractivity contribution in [3.63, 3.8) is 0 Å². The number of hydrogen-bond acceptors (Lipinski definition) is 8. The number of ether oxygens (including phenoxy) is 2. The number of carbonyl (C=O) groups is 2. The maximum absolute atomic E-state index is 12.4. The average Bonchev–Trinajstić information content (AvgIpc) is 3.21. The highest BCUT2D eigenvalue weighted by atomic mass is 32.2. The van der Waals surface area contributed by atoms with Crippen LogP contribution in [0.25, 0.3) is 0 Å². The van der Waals surface area contributed by atoms with Crippen LogP contribution in [-0.4, -0.2) is 35.7 Å². The van der Waals surface area contributed by atoms with Crippen molar-refractivity contribution in [1.29, 1.82) is 0 Å². The Bertz CT molecular complexity index is 714. The van der Waals surface area contributed by atoms with Gasteiger partial charge in [0.25, 0.3) is 0 Å². The van der Waals surface area contributed by atoms with Crippen molar-refractivity contribution in [2.75, 3.05) is 18.1 Å². The Balaban J connectivity index is 2.24. The molecule has 0 radical (unpaired) electrons. The summed E-state index contributed by atoms with van der Waals surface area (Å²) >= 11 is 3.03. The van der Waals surface area contributed by atoms with Gasteiger partial charge < -0.3 is 20.9 Å². The monoisotopic (exact) mass is 556 g/mol. The normalized spacial score (nSPS) is 20.2. The van der Waals surface area contributed by atoms with Gasteiger partial charge in [0.15, 0.2) is 0 Å². The molecule has 2 atom stereocenters. The molecule has 1 aliphatic rings. The van der Waals surface area contributed by atoms with E-state index in [4.69, 9.17) is 20.9 Å². The number of esters is 2. The fourth-order valence-corrected chi connectivity index (χ4v) is 6.06. The fourth-order valence-electron chi connectivity index (χ4n) is 4.53. The molecule has 1 aliphatic carbocycles. The van der Waals surface area contributed by atoms with E-state index in [0.717, 1.165) is 37.2 Å². The van der Waals surface area contributed by atoms with Crippen molar-refractivity contribution in [2.24, 2.45) is 17.4 Å². The number of unbranched alkanes of at least 4 members (excludes halogenated alkanes) is 10. The Labute approximate surface area is 234 Å². The zero-order valence-electron chi connectivity index (χ0n) is 23.6. The van der Waals surface area contributed by atoms with Gasteiger partial charge in [0, 0.05) is 0 Å². The highest BCUT2D eigenvalue weighted by molar-refractivity contribution is 8.03. The topological polar surface area (TPSA) is 105 Å². The molecular weight excluding hydrogens is 504 g/mol. The molecule has 37 heavy (non-hydrogen) atoms. The van der Waals surface area contributed by atoms with Crippen molar-refractivity contribution >= 4 is 35.5 Å². The lowest BCUT2D eigenvalue weighted by molar-refractivity contribution is -0.152. The number of hydrogen-bond donors (Lipinski definition) is 2. The molecule has 0 saturated heterocycles. The number of rotatable bonds is 21. The molecule has 0 aromatic rings.